The molecule has 100 valence electrons. The summed E-state index contributed by atoms with van der Waals surface area (Å²) in [6, 6.07) is 10.1. The molecule has 2 aliphatic heterocycles. The van der Waals surface area contributed by atoms with Gasteiger partial charge in [0, 0.05) is 29.7 Å². The van der Waals surface area contributed by atoms with E-state index in [2.05, 4.69) is 34.1 Å². The summed E-state index contributed by atoms with van der Waals surface area (Å²) in [7, 11) is 0. The maximum atomic E-state index is 5.71. The second-order valence-electron chi connectivity index (χ2n) is 5.08. The van der Waals surface area contributed by atoms with E-state index in [1.807, 2.05) is 6.20 Å². The molecule has 3 nitrogen and oxygen atoms in total. The lowest BCUT2D eigenvalue weighted by Crippen LogP contribution is -2.18. The molecule has 0 amide bonds. The molecular weight excluding hydrogens is 278 g/mol. The fourth-order valence-electron chi connectivity index (χ4n) is 3.45. The number of nitrogen functional groups attached to an aromatic ring is 1. The van der Waals surface area contributed by atoms with Gasteiger partial charge in [0.05, 0.1) is 0 Å². The number of thiazole rings is 1. The third-order valence-corrected chi connectivity index (χ3v) is 4.95. The lowest BCUT2D eigenvalue weighted by molar-refractivity contribution is 0.216. The molecule has 0 spiro atoms. The van der Waals surface area contributed by atoms with Crippen molar-refractivity contribution in [3.05, 3.63) is 46.5 Å². The van der Waals surface area contributed by atoms with Crippen LogP contribution in [0.5, 0.6) is 0 Å². The van der Waals surface area contributed by atoms with Gasteiger partial charge in [0.1, 0.15) is 0 Å². The van der Waals surface area contributed by atoms with Crippen LogP contribution in [0.2, 0.25) is 0 Å². The minimum atomic E-state index is 0. The van der Waals surface area contributed by atoms with Crippen LogP contribution in [0.25, 0.3) is 0 Å². The molecular formula is C14H16ClN3S. The van der Waals surface area contributed by atoms with Crippen LogP contribution in [0.4, 0.5) is 5.13 Å². The number of aromatic nitrogens is 1. The average Bonchev–Trinajstić information content (AvgIpc) is 3.05. The molecule has 1 aromatic heterocycles. The Morgan fingerprint density at radius 3 is 2.37 bits per heavy atom. The fourth-order valence-corrected chi connectivity index (χ4v) is 4.14. The molecule has 1 saturated heterocycles. The Hall–Kier alpha value is -1.10. The highest BCUT2D eigenvalue weighted by atomic mass is 35.5. The van der Waals surface area contributed by atoms with Crippen molar-refractivity contribution in [3.63, 3.8) is 0 Å². The van der Waals surface area contributed by atoms with Crippen molar-refractivity contribution < 1.29 is 0 Å². The predicted molar refractivity (Wildman–Crippen MR) is 80.5 cm³/mol. The molecule has 2 aliphatic rings. The van der Waals surface area contributed by atoms with Gasteiger partial charge in [-0.15, -0.1) is 23.7 Å². The SMILES string of the molecule is Cl.Nc1ncc(CN2C3CCC2c2ccccc23)s1. The van der Waals surface area contributed by atoms with E-state index in [0.29, 0.717) is 17.2 Å². The van der Waals surface area contributed by atoms with Crippen LogP contribution < -0.4 is 5.73 Å². The summed E-state index contributed by atoms with van der Waals surface area (Å²) in [6.45, 7) is 0.985. The van der Waals surface area contributed by atoms with E-state index in [4.69, 9.17) is 5.73 Å². The Morgan fingerprint density at radius 2 is 1.84 bits per heavy atom. The monoisotopic (exact) mass is 293 g/mol. The molecule has 0 radical (unpaired) electrons. The Morgan fingerprint density at radius 1 is 1.21 bits per heavy atom. The minimum Gasteiger partial charge on any atom is -0.375 e. The number of anilines is 1. The summed E-state index contributed by atoms with van der Waals surface area (Å²) in [5, 5.41) is 0.675. The highest BCUT2D eigenvalue weighted by molar-refractivity contribution is 7.15. The van der Waals surface area contributed by atoms with Crippen LogP contribution in [0.15, 0.2) is 30.5 Å². The fraction of sp³-hybridized carbons (Fsp3) is 0.357. The molecule has 3 heterocycles. The van der Waals surface area contributed by atoms with Gasteiger partial charge >= 0.3 is 0 Å². The Bertz CT molecular complexity index is 567. The average molecular weight is 294 g/mol. The largest absolute Gasteiger partial charge is 0.375 e. The first-order valence-electron chi connectivity index (χ1n) is 6.37. The van der Waals surface area contributed by atoms with Crippen molar-refractivity contribution in [2.75, 3.05) is 5.73 Å². The van der Waals surface area contributed by atoms with Crippen LogP contribution in [0.1, 0.15) is 40.9 Å². The zero-order valence-electron chi connectivity index (χ0n) is 10.5. The van der Waals surface area contributed by atoms with Gasteiger partial charge in [-0.25, -0.2) is 4.98 Å². The number of hydrogen-bond donors (Lipinski definition) is 1. The van der Waals surface area contributed by atoms with E-state index < -0.39 is 0 Å². The number of rotatable bonds is 2. The molecule has 2 N–H and O–H groups in total. The summed E-state index contributed by atoms with van der Waals surface area (Å²) in [6.07, 6.45) is 4.49. The van der Waals surface area contributed by atoms with Gasteiger partial charge in [-0.3, -0.25) is 4.90 Å². The molecule has 2 bridgehead atoms. The van der Waals surface area contributed by atoms with E-state index in [1.165, 1.54) is 28.8 Å². The van der Waals surface area contributed by atoms with Gasteiger partial charge in [-0.05, 0) is 24.0 Å². The molecule has 0 saturated carbocycles. The maximum absolute atomic E-state index is 5.71. The van der Waals surface area contributed by atoms with Crippen molar-refractivity contribution in [1.82, 2.24) is 9.88 Å². The zero-order valence-corrected chi connectivity index (χ0v) is 12.1. The summed E-state index contributed by atoms with van der Waals surface area (Å²) in [5.41, 5.74) is 8.78. The first kappa shape index (κ1) is 12.9. The number of nitrogens with zero attached hydrogens (tertiary/aromatic N) is 2. The van der Waals surface area contributed by atoms with E-state index in [9.17, 15) is 0 Å². The van der Waals surface area contributed by atoms with E-state index >= 15 is 0 Å². The smallest absolute Gasteiger partial charge is 0.180 e. The predicted octanol–water partition coefficient (Wildman–Crippen LogP) is 3.54. The molecule has 2 atom stereocenters. The lowest BCUT2D eigenvalue weighted by Gasteiger charge is -2.20. The van der Waals surface area contributed by atoms with Gasteiger partial charge in [0.15, 0.2) is 5.13 Å². The molecule has 5 heteroatoms. The van der Waals surface area contributed by atoms with Crippen LogP contribution in [0, 0.1) is 0 Å². The van der Waals surface area contributed by atoms with Gasteiger partial charge in [-0.1, -0.05) is 24.3 Å². The zero-order chi connectivity index (χ0) is 12.1. The van der Waals surface area contributed by atoms with Gasteiger partial charge in [0.2, 0.25) is 0 Å². The lowest BCUT2D eigenvalue weighted by atomic mass is 9.92. The Balaban J connectivity index is 0.00000110. The first-order chi connectivity index (χ1) is 8.83. The number of fused-ring (bicyclic) bond motifs is 5. The van der Waals surface area contributed by atoms with E-state index in [0.717, 1.165) is 6.54 Å². The number of benzene rings is 1. The third-order valence-electron chi connectivity index (χ3n) is 4.14. The molecule has 0 aliphatic carbocycles. The number of hydrogen-bond acceptors (Lipinski definition) is 4. The highest BCUT2D eigenvalue weighted by Crippen LogP contribution is 2.53. The van der Waals surface area contributed by atoms with Gasteiger partial charge < -0.3 is 5.73 Å². The van der Waals surface area contributed by atoms with Crippen molar-refractivity contribution in [1.29, 1.82) is 0 Å². The third kappa shape index (κ3) is 1.95. The van der Waals surface area contributed by atoms with Crippen LogP contribution in [-0.2, 0) is 6.54 Å². The molecule has 2 unspecified atom stereocenters. The summed E-state index contributed by atoms with van der Waals surface area (Å²) >= 11 is 1.61. The molecule has 2 aromatic rings. The standard InChI is InChI=1S/C14H15N3S.ClH/c15-14-16-7-9(18-14)8-17-12-5-6-13(17)11-4-2-1-3-10(11)12;/h1-4,7,12-13H,5-6,8H2,(H2,15,16);1H. The van der Waals surface area contributed by atoms with Crippen molar-refractivity contribution in [3.8, 4) is 0 Å². The summed E-state index contributed by atoms with van der Waals surface area (Å²) in [4.78, 5) is 8.03. The number of halogens is 1. The van der Waals surface area contributed by atoms with Gasteiger partial charge in [0.25, 0.3) is 0 Å². The Kier molecular flexibility index (Phi) is 3.25. The maximum Gasteiger partial charge on any atom is 0.180 e. The first-order valence-corrected chi connectivity index (χ1v) is 7.19. The normalized spacial score (nSPS) is 24.2. The quantitative estimate of drug-likeness (QED) is 0.921. The van der Waals surface area contributed by atoms with Crippen LogP contribution in [0.3, 0.4) is 0 Å². The van der Waals surface area contributed by atoms with E-state index in [1.54, 1.807) is 11.3 Å². The van der Waals surface area contributed by atoms with Gasteiger partial charge in [-0.2, -0.15) is 0 Å². The minimum absolute atomic E-state index is 0. The van der Waals surface area contributed by atoms with Crippen LogP contribution >= 0.6 is 23.7 Å². The van der Waals surface area contributed by atoms with Crippen molar-refractivity contribution in [2.24, 2.45) is 0 Å². The molecule has 19 heavy (non-hydrogen) atoms. The molecule has 4 rings (SSSR count). The second-order valence-corrected chi connectivity index (χ2v) is 6.22. The van der Waals surface area contributed by atoms with Crippen molar-refractivity contribution in [2.45, 2.75) is 31.5 Å². The topological polar surface area (TPSA) is 42.1 Å². The summed E-state index contributed by atoms with van der Waals surface area (Å²) in [5.74, 6) is 0. The van der Waals surface area contributed by atoms with Crippen molar-refractivity contribution >= 4 is 28.9 Å². The van der Waals surface area contributed by atoms with E-state index in [-0.39, 0.29) is 12.4 Å². The number of nitrogens with two attached hydrogens (primary N) is 1. The Labute approximate surface area is 122 Å². The second kappa shape index (κ2) is 4.78. The highest BCUT2D eigenvalue weighted by Gasteiger charge is 2.43. The molecule has 1 aromatic carbocycles. The van der Waals surface area contributed by atoms with Crippen LogP contribution in [-0.4, -0.2) is 9.88 Å². The summed E-state index contributed by atoms with van der Waals surface area (Å²) < 4.78 is 0. The molecule has 1 fully saturated rings.